The van der Waals surface area contributed by atoms with E-state index in [1.165, 1.54) is 11.3 Å². The Morgan fingerprint density at radius 2 is 2.00 bits per heavy atom. The van der Waals surface area contributed by atoms with Crippen molar-refractivity contribution >= 4 is 34.1 Å². The number of nitrogens with zero attached hydrogens (tertiary/aromatic N) is 1. The Morgan fingerprint density at radius 3 is 2.81 bits per heavy atom. The van der Waals surface area contributed by atoms with Gasteiger partial charge in [0.2, 0.25) is 5.91 Å². The molecular formula is C14H11N3O3S. The molecule has 106 valence electrons. The molecule has 0 aliphatic heterocycles. The van der Waals surface area contributed by atoms with Crippen molar-refractivity contribution in [1.29, 1.82) is 0 Å². The number of para-hydroxylation sites is 1. The summed E-state index contributed by atoms with van der Waals surface area (Å²) in [4.78, 5) is 24.0. The molecule has 0 saturated carbocycles. The minimum absolute atomic E-state index is 0.0295. The molecule has 3 rings (SSSR count). The largest absolute Gasteiger partial charge is 0.356 e. The Kier molecular flexibility index (Phi) is 3.65. The molecule has 2 N–H and O–H groups in total. The van der Waals surface area contributed by atoms with Crippen molar-refractivity contribution in [3.05, 3.63) is 52.3 Å². The highest BCUT2D eigenvalue weighted by atomic mass is 32.1. The summed E-state index contributed by atoms with van der Waals surface area (Å²) in [6, 6.07) is 10.7. The van der Waals surface area contributed by atoms with E-state index in [1.807, 2.05) is 18.2 Å². The summed E-state index contributed by atoms with van der Waals surface area (Å²) in [6.07, 6.45) is 0.0295. The molecule has 0 fully saturated rings. The van der Waals surface area contributed by atoms with Gasteiger partial charge in [-0.2, -0.15) is 0 Å². The van der Waals surface area contributed by atoms with Crippen LogP contribution in [0, 0.1) is 0 Å². The minimum Gasteiger partial charge on any atom is -0.356 e. The van der Waals surface area contributed by atoms with E-state index in [4.69, 9.17) is 4.52 Å². The lowest BCUT2D eigenvalue weighted by atomic mass is 10.2. The molecule has 0 bridgehead atoms. The van der Waals surface area contributed by atoms with Crippen LogP contribution in [0.15, 0.2) is 46.3 Å². The van der Waals surface area contributed by atoms with Crippen LogP contribution in [-0.4, -0.2) is 17.0 Å². The summed E-state index contributed by atoms with van der Waals surface area (Å²) >= 11 is 1.30. The molecular weight excluding hydrogens is 290 g/mol. The maximum Gasteiger partial charge on any atom is 0.279 e. The molecule has 2 aromatic heterocycles. The summed E-state index contributed by atoms with van der Waals surface area (Å²) in [7, 11) is 0. The number of rotatable bonds is 3. The average molecular weight is 301 g/mol. The number of fused-ring (bicyclic) bond motifs is 1. The van der Waals surface area contributed by atoms with E-state index in [0.717, 1.165) is 5.39 Å². The van der Waals surface area contributed by atoms with Crippen molar-refractivity contribution in [2.45, 2.75) is 6.42 Å². The fourth-order valence-corrected chi connectivity index (χ4v) is 2.48. The van der Waals surface area contributed by atoms with Crippen LogP contribution >= 0.6 is 11.3 Å². The van der Waals surface area contributed by atoms with Gasteiger partial charge in [0.1, 0.15) is 5.69 Å². The zero-order valence-corrected chi connectivity index (χ0v) is 11.6. The number of nitrogens with one attached hydrogen (secondary N) is 2. The minimum atomic E-state index is -0.362. The number of carbonyl (C=O) groups excluding carboxylic acids is 2. The summed E-state index contributed by atoms with van der Waals surface area (Å²) in [5.74, 6) is -0.706. The van der Waals surface area contributed by atoms with Crippen LogP contribution in [0.4, 0.5) is 0 Å². The summed E-state index contributed by atoms with van der Waals surface area (Å²) in [5, 5.41) is 6.44. The Bertz CT molecular complexity index is 780. The number of aromatic nitrogens is 1. The van der Waals surface area contributed by atoms with Gasteiger partial charge in [0, 0.05) is 5.39 Å². The number of benzene rings is 1. The number of hydrazine groups is 1. The number of hydrogen-bond acceptors (Lipinski definition) is 5. The van der Waals surface area contributed by atoms with E-state index in [-0.39, 0.29) is 18.2 Å². The fourth-order valence-electron chi connectivity index (χ4n) is 1.86. The van der Waals surface area contributed by atoms with Gasteiger partial charge >= 0.3 is 0 Å². The van der Waals surface area contributed by atoms with Gasteiger partial charge in [0.15, 0.2) is 5.58 Å². The SMILES string of the molecule is O=C(Cc1noc2ccccc12)NNC(=O)c1cccs1. The molecule has 21 heavy (non-hydrogen) atoms. The fraction of sp³-hybridized carbons (Fsp3) is 0.0714. The molecule has 3 aromatic rings. The standard InChI is InChI=1S/C14H11N3O3S/c18-13(15-16-14(19)12-6-3-7-21-12)8-10-9-4-1-2-5-11(9)20-17-10/h1-7H,8H2,(H,15,18)(H,16,19). The molecule has 0 aliphatic rings. The molecule has 0 saturated heterocycles. The predicted octanol–water partition coefficient (Wildman–Crippen LogP) is 1.89. The van der Waals surface area contributed by atoms with Crippen LogP contribution in [0.2, 0.25) is 0 Å². The van der Waals surface area contributed by atoms with E-state index in [2.05, 4.69) is 16.0 Å². The summed E-state index contributed by atoms with van der Waals surface area (Å²) in [6.45, 7) is 0. The monoisotopic (exact) mass is 301 g/mol. The summed E-state index contributed by atoms with van der Waals surface area (Å²) < 4.78 is 5.12. The van der Waals surface area contributed by atoms with Gasteiger partial charge in [0.05, 0.1) is 11.3 Å². The lowest BCUT2D eigenvalue weighted by Crippen LogP contribution is -2.42. The quantitative estimate of drug-likeness (QED) is 0.724. The number of thiophene rings is 1. The smallest absolute Gasteiger partial charge is 0.279 e. The third kappa shape index (κ3) is 2.92. The molecule has 6 nitrogen and oxygen atoms in total. The highest BCUT2D eigenvalue weighted by Crippen LogP contribution is 2.17. The van der Waals surface area contributed by atoms with Crippen LogP contribution in [-0.2, 0) is 11.2 Å². The van der Waals surface area contributed by atoms with E-state index < -0.39 is 0 Å². The Balaban J connectivity index is 1.60. The van der Waals surface area contributed by atoms with Gasteiger partial charge in [-0.15, -0.1) is 11.3 Å². The maximum atomic E-state index is 11.8. The van der Waals surface area contributed by atoms with Crippen molar-refractivity contribution < 1.29 is 14.1 Å². The summed E-state index contributed by atoms with van der Waals surface area (Å²) in [5.41, 5.74) is 5.88. The van der Waals surface area contributed by atoms with Crippen molar-refractivity contribution in [2.75, 3.05) is 0 Å². The van der Waals surface area contributed by atoms with Crippen LogP contribution < -0.4 is 10.9 Å². The number of amides is 2. The first kappa shape index (κ1) is 13.3. The lowest BCUT2D eigenvalue weighted by Gasteiger charge is -2.04. The second-order valence-electron chi connectivity index (χ2n) is 4.28. The molecule has 0 atom stereocenters. The molecule has 7 heteroatoms. The van der Waals surface area contributed by atoms with Crippen molar-refractivity contribution in [1.82, 2.24) is 16.0 Å². The first-order valence-corrected chi connectivity index (χ1v) is 7.08. The van der Waals surface area contributed by atoms with Gasteiger partial charge in [-0.1, -0.05) is 23.4 Å². The van der Waals surface area contributed by atoms with Gasteiger partial charge in [-0.25, -0.2) is 0 Å². The van der Waals surface area contributed by atoms with Crippen molar-refractivity contribution in [2.24, 2.45) is 0 Å². The van der Waals surface area contributed by atoms with Gasteiger partial charge in [-0.3, -0.25) is 20.4 Å². The Morgan fingerprint density at radius 1 is 1.14 bits per heavy atom. The zero-order valence-electron chi connectivity index (χ0n) is 10.8. The van der Waals surface area contributed by atoms with Crippen LogP contribution in [0.3, 0.4) is 0 Å². The molecule has 0 aliphatic carbocycles. The Hall–Kier alpha value is -2.67. The number of hydrogen-bond donors (Lipinski definition) is 2. The van der Waals surface area contributed by atoms with Crippen LogP contribution in [0.5, 0.6) is 0 Å². The van der Waals surface area contributed by atoms with Crippen molar-refractivity contribution in [3.8, 4) is 0 Å². The Labute approximate surface area is 123 Å². The molecule has 0 radical (unpaired) electrons. The predicted molar refractivity (Wildman–Crippen MR) is 77.6 cm³/mol. The van der Waals surface area contributed by atoms with Gasteiger partial charge in [-0.05, 0) is 23.6 Å². The highest BCUT2D eigenvalue weighted by Gasteiger charge is 2.13. The van der Waals surface area contributed by atoms with E-state index in [0.29, 0.717) is 16.2 Å². The average Bonchev–Trinajstić information content (AvgIpc) is 3.15. The second-order valence-corrected chi connectivity index (χ2v) is 5.23. The first-order valence-electron chi connectivity index (χ1n) is 6.20. The van der Waals surface area contributed by atoms with Crippen molar-refractivity contribution in [3.63, 3.8) is 0 Å². The van der Waals surface area contributed by atoms with Gasteiger partial charge < -0.3 is 4.52 Å². The normalized spacial score (nSPS) is 10.5. The zero-order chi connectivity index (χ0) is 14.7. The third-order valence-electron chi connectivity index (χ3n) is 2.84. The molecule has 2 amide bonds. The highest BCUT2D eigenvalue weighted by molar-refractivity contribution is 7.12. The number of carbonyl (C=O) groups is 2. The van der Waals surface area contributed by atoms with Crippen LogP contribution in [0.1, 0.15) is 15.4 Å². The van der Waals surface area contributed by atoms with Gasteiger partial charge in [0.25, 0.3) is 5.91 Å². The molecule has 0 spiro atoms. The van der Waals surface area contributed by atoms with E-state index in [1.54, 1.807) is 23.6 Å². The molecule has 0 unspecified atom stereocenters. The topological polar surface area (TPSA) is 84.2 Å². The molecule has 1 aromatic carbocycles. The molecule has 2 heterocycles. The third-order valence-corrected chi connectivity index (χ3v) is 3.71. The maximum absolute atomic E-state index is 11.8. The first-order chi connectivity index (χ1) is 10.2. The van der Waals surface area contributed by atoms with E-state index in [9.17, 15) is 9.59 Å². The second kappa shape index (κ2) is 5.76. The van der Waals surface area contributed by atoms with Crippen LogP contribution in [0.25, 0.3) is 11.0 Å². The van der Waals surface area contributed by atoms with E-state index >= 15 is 0 Å². The lowest BCUT2D eigenvalue weighted by molar-refractivity contribution is -0.121.